The van der Waals surface area contributed by atoms with E-state index in [0.717, 1.165) is 5.56 Å². The van der Waals surface area contributed by atoms with Gasteiger partial charge in [-0.3, -0.25) is 4.79 Å². The number of methoxy groups -OCH3 is 2. The van der Waals surface area contributed by atoms with Crippen LogP contribution in [0.3, 0.4) is 0 Å². The van der Waals surface area contributed by atoms with Gasteiger partial charge in [-0.15, -0.1) is 0 Å². The minimum Gasteiger partial charge on any atom is -0.493 e. The molecule has 2 aromatic carbocycles. The fourth-order valence-corrected chi connectivity index (χ4v) is 2.41. The van der Waals surface area contributed by atoms with Crippen molar-refractivity contribution in [2.75, 3.05) is 20.8 Å². The Morgan fingerprint density at radius 2 is 1.76 bits per heavy atom. The van der Waals surface area contributed by atoms with Gasteiger partial charge in [0.1, 0.15) is 11.6 Å². The molecule has 0 unspecified atom stereocenters. The van der Waals surface area contributed by atoms with Gasteiger partial charge in [0.25, 0.3) is 5.91 Å². The first-order valence-electron chi connectivity index (χ1n) is 7.97. The second-order valence-electron chi connectivity index (χ2n) is 5.39. The van der Waals surface area contributed by atoms with Crippen LogP contribution in [0.4, 0.5) is 4.39 Å². The van der Waals surface area contributed by atoms with E-state index in [1.807, 2.05) is 19.1 Å². The number of halogens is 1. The second kappa shape index (κ2) is 8.92. The van der Waals surface area contributed by atoms with Crippen LogP contribution in [0.2, 0.25) is 0 Å². The highest BCUT2D eigenvalue weighted by molar-refractivity contribution is 5.78. The summed E-state index contributed by atoms with van der Waals surface area (Å²) in [4.78, 5) is 12.1. The molecule has 1 atom stereocenters. The topological polar surface area (TPSA) is 56.8 Å². The van der Waals surface area contributed by atoms with Gasteiger partial charge in [0.05, 0.1) is 20.3 Å². The first-order chi connectivity index (χ1) is 12.1. The highest BCUT2D eigenvalue weighted by atomic mass is 19.1. The smallest absolute Gasteiger partial charge is 0.258 e. The number of rotatable bonds is 8. The predicted molar refractivity (Wildman–Crippen MR) is 92.6 cm³/mol. The second-order valence-corrected chi connectivity index (χ2v) is 5.39. The van der Waals surface area contributed by atoms with Crippen LogP contribution < -0.4 is 19.5 Å². The fraction of sp³-hybridized carbons (Fsp3) is 0.316. The molecule has 2 rings (SSSR count). The Kier molecular flexibility index (Phi) is 6.62. The van der Waals surface area contributed by atoms with Gasteiger partial charge in [-0.05, 0) is 48.4 Å². The predicted octanol–water partition coefficient (Wildman–Crippen LogP) is 3.49. The lowest BCUT2D eigenvalue weighted by molar-refractivity contribution is -0.123. The van der Waals surface area contributed by atoms with Gasteiger partial charge in [0, 0.05) is 0 Å². The molecular formula is C19H22FNO4. The van der Waals surface area contributed by atoms with Crippen LogP contribution in [0, 0.1) is 5.82 Å². The van der Waals surface area contributed by atoms with E-state index in [9.17, 15) is 9.18 Å². The van der Waals surface area contributed by atoms with Crippen molar-refractivity contribution in [3.05, 3.63) is 53.8 Å². The molecule has 0 heterocycles. The zero-order chi connectivity index (χ0) is 18.2. The Morgan fingerprint density at radius 3 is 2.36 bits per heavy atom. The van der Waals surface area contributed by atoms with E-state index in [4.69, 9.17) is 14.2 Å². The molecule has 2 aromatic rings. The van der Waals surface area contributed by atoms with E-state index in [-0.39, 0.29) is 24.4 Å². The van der Waals surface area contributed by atoms with Crippen LogP contribution in [-0.2, 0) is 4.79 Å². The Hall–Kier alpha value is -2.76. The molecule has 0 saturated carbocycles. The summed E-state index contributed by atoms with van der Waals surface area (Å²) in [6, 6.07) is 10.9. The molecule has 0 fully saturated rings. The van der Waals surface area contributed by atoms with Crippen LogP contribution in [-0.4, -0.2) is 26.7 Å². The number of carbonyl (C=O) groups excluding carboxylic acids is 1. The summed E-state index contributed by atoms with van der Waals surface area (Å²) >= 11 is 0. The Morgan fingerprint density at radius 1 is 1.08 bits per heavy atom. The van der Waals surface area contributed by atoms with Gasteiger partial charge >= 0.3 is 0 Å². The van der Waals surface area contributed by atoms with E-state index >= 15 is 0 Å². The Bertz CT molecular complexity index is 703. The van der Waals surface area contributed by atoms with Gasteiger partial charge in [-0.1, -0.05) is 13.0 Å². The fourth-order valence-electron chi connectivity index (χ4n) is 2.41. The first-order valence-corrected chi connectivity index (χ1v) is 7.97. The van der Waals surface area contributed by atoms with Crippen LogP contribution in [0.25, 0.3) is 0 Å². The van der Waals surface area contributed by atoms with E-state index < -0.39 is 0 Å². The molecule has 1 amide bonds. The molecule has 6 heteroatoms. The average molecular weight is 347 g/mol. The van der Waals surface area contributed by atoms with Gasteiger partial charge in [-0.25, -0.2) is 4.39 Å². The molecule has 0 spiro atoms. The molecule has 0 bridgehead atoms. The lowest BCUT2D eigenvalue weighted by atomic mass is 10.0. The lowest BCUT2D eigenvalue weighted by Gasteiger charge is -2.19. The maximum Gasteiger partial charge on any atom is 0.258 e. The Labute approximate surface area is 146 Å². The summed E-state index contributed by atoms with van der Waals surface area (Å²) in [5.41, 5.74) is 0.912. The molecule has 0 aliphatic rings. The number of benzene rings is 2. The van der Waals surface area contributed by atoms with Gasteiger partial charge in [0.2, 0.25) is 0 Å². The zero-order valence-electron chi connectivity index (χ0n) is 14.5. The quantitative estimate of drug-likeness (QED) is 0.794. The maximum absolute atomic E-state index is 12.9. The van der Waals surface area contributed by atoms with Crippen LogP contribution in [0.15, 0.2) is 42.5 Å². The first kappa shape index (κ1) is 18.6. The third-order valence-corrected chi connectivity index (χ3v) is 3.74. The van der Waals surface area contributed by atoms with Crippen molar-refractivity contribution in [2.24, 2.45) is 0 Å². The highest BCUT2D eigenvalue weighted by Crippen LogP contribution is 2.30. The Balaban J connectivity index is 1.98. The largest absolute Gasteiger partial charge is 0.493 e. The van der Waals surface area contributed by atoms with Crippen molar-refractivity contribution >= 4 is 5.91 Å². The molecular weight excluding hydrogens is 325 g/mol. The minimum absolute atomic E-state index is 0.143. The molecule has 0 aliphatic carbocycles. The summed E-state index contributed by atoms with van der Waals surface area (Å²) in [7, 11) is 3.14. The van der Waals surface area contributed by atoms with Crippen LogP contribution >= 0.6 is 0 Å². The summed E-state index contributed by atoms with van der Waals surface area (Å²) in [6.07, 6.45) is 0.706. The number of amides is 1. The molecule has 0 aromatic heterocycles. The summed E-state index contributed by atoms with van der Waals surface area (Å²) in [5, 5.41) is 2.92. The molecule has 0 aliphatic heterocycles. The maximum atomic E-state index is 12.9. The van der Waals surface area contributed by atoms with Crippen molar-refractivity contribution in [3.8, 4) is 17.2 Å². The third-order valence-electron chi connectivity index (χ3n) is 3.74. The monoisotopic (exact) mass is 347 g/mol. The van der Waals surface area contributed by atoms with E-state index in [2.05, 4.69) is 5.32 Å². The number of hydrogen-bond acceptors (Lipinski definition) is 4. The molecule has 0 radical (unpaired) electrons. The molecule has 0 saturated heterocycles. The van der Waals surface area contributed by atoms with Crippen molar-refractivity contribution in [1.29, 1.82) is 0 Å². The third kappa shape index (κ3) is 5.11. The summed E-state index contributed by atoms with van der Waals surface area (Å²) in [5.74, 6) is 1.07. The van der Waals surface area contributed by atoms with Crippen molar-refractivity contribution < 1.29 is 23.4 Å². The zero-order valence-corrected chi connectivity index (χ0v) is 14.5. The standard InChI is InChI=1S/C19H22FNO4/c1-4-16(13-5-10-17(23-2)18(11-13)24-3)21-19(22)12-25-15-8-6-14(20)7-9-15/h5-11,16H,4,12H2,1-3H3,(H,21,22)/t16-/m1/s1. The van der Waals surface area contributed by atoms with Crippen molar-refractivity contribution in [2.45, 2.75) is 19.4 Å². The number of nitrogens with one attached hydrogen (secondary N) is 1. The van der Waals surface area contributed by atoms with Gasteiger partial charge in [0.15, 0.2) is 18.1 Å². The SMILES string of the molecule is CC[C@@H](NC(=O)COc1ccc(F)cc1)c1ccc(OC)c(OC)c1. The highest BCUT2D eigenvalue weighted by Gasteiger charge is 2.15. The van der Waals surface area contributed by atoms with Crippen molar-refractivity contribution in [3.63, 3.8) is 0 Å². The number of carbonyl (C=O) groups is 1. The molecule has 134 valence electrons. The summed E-state index contributed by atoms with van der Waals surface area (Å²) in [6.45, 7) is 1.83. The minimum atomic E-state index is -0.351. The normalized spacial score (nSPS) is 11.5. The molecule has 25 heavy (non-hydrogen) atoms. The van der Waals surface area contributed by atoms with Crippen LogP contribution in [0.1, 0.15) is 24.9 Å². The van der Waals surface area contributed by atoms with Gasteiger partial charge < -0.3 is 19.5 Å². The van der Waals surface area contributed by atoms with Crippen LogP contribution in [0.5, 0.6) is 17.2 Å². The lowest BCUT2D eigenvalue weighted by Crippen LogP contribution is -2.32. The summed E-state index contributed by atoms with van der Waals surface area (Å²) < 4.78 is 28.7. The van der Waals surface area contributed by atoms with E-state index in [1.54, 1.807) is 20.3 Å². The van der Waals surface area contributed by atoms with Gasteiger partial charge in [-0.2, -0.15) is 0 Å². The number of ether oxygens (including phenoxy) is 3. The molecule has 5 nitrogen and oxygen atoms in total. The van der Waals surface area contributed by atoms with E-state index in [1.165, 1.54) is 24.3 Å². The van der Waals surface area contributed by atoms with Crippen molar-refractivity contribution in [1.82, 2.24) is 5.32 Å². The number of hydrogen-bond donors (Lipinski definition) is 1. The van der Waals surface area contributed by atoms with E-state index in [0.29, 0.717) is 23.7 Å². The average Bonchev–Trinajstić information content (AvgIpc) is 2.65. The molecule has 1 N–H and O–H groups in total.